The summed E-state index contributed by atoms with van der Waals surface area (Å²) in [4.78, 5) is 0.510. The minimum absolute atomic E-state index is 0.0769. The average Bonchev–Trinajstić information content (AvgIpc) is 2.75. The first-order chi connectivity index (χ1) is 10.8. The molecule has 0 amide bonds. The highest BCUT2D eigenvalue weighted by Crippen LogP contribution is 2.53. The molecule has 1 unspecified atom stereocenters. The number of fused-ring (bicyclic) bond motifs is 1. The zero-order chi connectivity index (χ0) is 18.7. The van der Waals surface area contributed by atoms with Gasteiger partial charge in [-0.15, -0.1) is 13.2 Å². The van der Waals surface area contributed by atoms with E-state index in [-0.39, 0.29) is 5.92 Å². The smallest absolute Gasteiger partial charge is 0.418 e. The average molecular weight is 374 g/mol. The molecule has 0 radical (unpaired) electrons. The maximum atomic E-state index is 13.3. The van der Waals surface area contributed by atoms with Gasteiger partial charge in [-0.25, -0.2) is 0 Å². The van der Waals surface area contributed by atoms with Gasteiger partial charge < -0.3 is 17.3 Å². The standard InChI is InChI=1S/C15H18F3S.BF4/c1-4-5-11-6-7-12-9-13(10(2)3)19(14(12)8-11)15(16,17)18;2-1(3,4)5/h6-10H,4-5H2,1-3H3;/q+1;-1. The number of hydrogen-bond donors (Lipinski definition) is 0. The highest BCUT2D eigenvalue weighted by Gasteiger charge is 2.48. The van der Waals surface area contributed by atoms with E-state index in [1.807, 2.05) is 32.9 Å². The summed E-state index contributed by atoms with van der Waals surface area (Å²) >= 11 is 0. The number of benzene rings is 1. The van der Waals surface area contributed by atoms with E-state index in [0.717, 1.165) is 23.8 Å². The number of hydrogen-bond acceptors (Lipinski definition) is 0. The molecule has 1 atom stereocenters. The van der Waals surface area contributed by atoms with Crippen molar-refractivity contribution in [3.05, 3.63) is 34.7 Å². The third-order valence-electron chi connectivity index (χ3n) is 3.17. The van der Waals surface area contributed by atoms with Crippen molar-refractivity contribution < 1.29 is 30.4 Å². The SMILES string of the molecule is CCCc1ccc2cc(C(C)C)[s+](C(F)(F)F)c2c1.F[B-](F)(F)F. The van der Waals surface area contributed by atoms with E-state index in [0.29, 0.717) is 9.58 Å². The molecule has 1 heterocycles. The summed E-state index contributed by atoms with van der Waals surface area (Å²) in [5.74, 6) is -0.0769. The summed E-state index contributed by atoms with van der Waals surface area (Å²) in [6, 6.07) is 7.26. The summed E-state index contributed by atoms with van der Waals surface area (Å²) in [6.07, 6.45) is 1.78. The van der Waals surface area contributed by atoms with Crippen molar-refractivity contribution >= 4 is 27.8 Å². The third-order valence-corrected chi connectivity index (χ3v) is 5.49. The first-order valence-corrected chi connectivity index (χ1v) is 8.60. The normalized spacial score (nSPS) is 13.2. The van der Waals surface area contributed by atoms with Gasteiger partial charge in [-0.2, -0.15) is 0 Å². The van der Waals surface area contributed by atoms with Gasteiger partial charge in [0.05, 0.1) is 10.5 Å². The Kier molecular flexibility index (Phi) is 6.72. The Hall–Kier alpha value is -1.25. The molecule has 136 valence electrons. The molecule has 0 fully saturated rings. The zero-order valence-corrected chi connectivity index (χ0v) is 14.2. The van der Waals surface area contributed by atoms with Crippen LogP contribution in [0.15, 0.2) is 24.3 Å². The molecule has 0 nitrogen and oxygen atoms in total. The zero-order valence-electron chi connectivity index (χ0n) is 13.4. The van der Waals surface area contributed by atoms with E-state index in [1.54, 1.807) is 12.1 Å². The van der Waals surface area contributed by atoms with Crippen LogP contribution >= 0.6 is 10.5 Å². The molecule has 0 aliphatic rings. The lowest BCUT2D eigenvalue weighted by Crippen LogP contribution is -2.02. The number of alkyl halides is 3. The summed E-state index contributed by atoms with van der Waals surface area (Å²) in [5, 5.41) is 0.740. The predicted octanol–water partition coefficient (Wildman–Crippen LogP) is 7.44. The van der Waals surface area contributed by atoms with E-state index in [4.69, 9.17) is 0 Å². The number of thiophene rings is 1. The Morgan fingerprint density at radius 1 is 1.04 bits per heavy atom. The van der Waals surface area contributed by atoms with Crippen LogP contribution in [0.2, 0.25) is 0 Å². The van der Waals surface area contributed by atoms with Gasteiger partial charge in [0.1, 0.15) is 0 Å². The number of rotatable bonds is 3. The third kappa shape index (κ3) is 6.00. The molecule has 0 aliphatic heterocycles. The number of aryl methyl sites for hydroxylation is 1. The fourth-order valence-electron chi connectivity index (χ4n) is 2.32. The minimum Gasteiger partial charge on any atom is -0.418 e. The van der Waals surface area contributed by atoms with Gasteiger partial charge in [0.25, 0.3) is 0 Å². The van der Waals surface area contributed by atoms with Crippen LogP contribution in [0.4, 0.5) is 30.4 Å². The van der Waals surface area contributed by atoms with Crippen LogP contribution in [-0.4, -0.2) is 7.25 Å². The number of halogens is 7. The molecule has 0 aliphatic carbocycles. The van der Waals surface area contributed by atoms with E-state index >= 15 is 0 Å². The molecule has 1 aromatic carbocycles. The van der Waals surface area contributed by atoms with Crippen molar-refractivity contribution in [2.24, 2.45) is 0 Å². The molecule has 0 N–H and O–H groups in total. The molecule has 24 heavy (non-hydrogen) atoms. The summed E-state index contributed by atoms with van der Waals surface area (Å²) in [6.45, 7) is 5.70. The highest BCUT2D eigenvalue weighted by molar-refractivity contribution is 7.38. The van der Waals surface area contributed by atoms with Gasteiger partial charge in [0.15, 0.2) is 9.58 Å². The first-order valence-electron chi connectivity index (χ1n) is 7.37. The molecule has 2 rings (SSSR count). The van der Waals surface area contributed by atoms with Gasteiger partial charge >= 0.3 is 12.8 Å². The minimum atomic E-state index is -6.00. The summed E-state index contributed by atoms with van der Waals surface area (Å²) < 4.78 is 79.5. The second kappa shape index (κ2) is 7.76. The Bertz CT molecular complexity index is 665. The van der Waals surface area contributed by atoms with Crippen molar-refractivity contribution in [2.45, 2.75) is 45.0 Å². The van der Waals surface area contributed by atoms with Crippen LogP contribution in [0.25, 0.3) is 10.1 Å². The van der Waals surface area contributed by atoms with Crippen LogP contribution in [0.1, 0.15) is 43.6 Å². The van der Waals surface area contributed by atoms with Crippen molar-refractivity contribution in [3.63, 3.8) is 0 Å². The van der Waals surface area contributed by atoms with Gasteiger partial charge in [0, 0.05) is 23.4 Å². The molecule has 0 spiro atoms. The molecular formula is C15H18BF7S. The molecule has 0 bridgehead atoms. The second-order valence-electron chi connectivity index (χ2n) is 5.57. The Morgan fingerprint density at radius 3 is 2.00 bits per heavy atom. The van der Waals surface area contributed by atoms with Crippen molar-refractivity contribution in [3.8, 4) is 0 Å². The predicted molar refractivity (Wildman–Crippen MR) is 86.0 cm³/mol. The van der Waals surface area contributed by atoms with Gasteiger partial charge in [0.2, 0.25) is 0 Å². The molecule has 0 saturated heterocycles. The van der Waals surface area contributed by atoms with E-state index in [1.165, 1.54) is 0 Å². The van der Waals surface area contributed by atoms with Crippen LogP contribution in [0, 0.1) is 0 Å². The molecule has 1 aromatic heterocycles. The lowest BCUT2D eigenvalue weighted by Gasteiger charge is -2.03. The van der Waals surface area contributed by atoms with Gasteiger partial charge in [-0.1, -0.05) is 33.3 Å². The summed E-state index contributed by atoms with van der Waals surface area (Å²) in [5.41, 5.74) is -3.17. The highest BCUT2D eigenvalue weighted by atomic mass is 32.2. The van der Waals surface area contributed by atoms with E-state index < -0.39 is 23.2 Å². The van der Waals surface area contributed by atoms with Crippen LogP contribution < -0.4 is 0 Å². The second-order valence-corrected chi connectivity index (χ2v) is 7.56. The van der Waals surface area contributed by atoms with Crippen molar-refractivity contribution in [1.29, 1.82) is 0 Å². The quantitative estimate of drug-likeness (QED) is 0.298. The summed E-state index contributed by atoms with van der Waals surface area (Å²) in [7, 11) is -7.74. The lowest BCUT2D eigenvalue weighted by atomic mass is 10.1. The largest absolute Gasteiger partial charge is 0.673 e. The van der Waals surface area contributed by atoms with Gasteiger partial charge in [-0.05, 0) is 18.1 Å². The van der Waals surface area contributed by atoms with E-state index in [9.17, 15) is 30.4 Å². The topological polar surface area (TPSA) is 0 Å². The molecule has 9 heteroatoms. The first kappa shape index (κ1) is 20.8. The maximum Gasteiger partial charge on any atom is 0.673 e. The Labute approximate surface area is 138 Å². The van der Waals surface area contributed by atoms with Gasteiger partial charge in [-0.3, -0.25) is 0 Å². The van der Waals surface area contributed by atoms with Crippen molar-refractivity contribution in [2.75, 3.05) is 0 Å². The lowest BCUT2D eigenvalue weighted by molar-refractivity contribution is -0.0868. The van der Waals surface area contributed by atoms with Crippen LogP contribution in [-0.2, 0) is 11.9 Å². The van der Waals surface area contributed by atoms with E-state index in [2.05, 4.69) is 0 Å². The molecule has 0 saturated carbocycles. The Morgan fingerprint density at radius 2 is 1.58 bits per heavy atom. The van der Waals surface area contributed by atoms with Crippen molar-refractivity contribution in [1.82, 2.24) is 0 Å². The maximum absolute atomic E-state index is 13.3. The monoisotopic (exact) mass is 374 g/mol. The van der Waals surface area contributed by atoms with Crippen LogP contribution in [0.5, 0.6) is 0 Å². The Balaban J connectivity index is 0.000000505. The van der Waals surface area contributed by atoms with Crippen LogP contribution in [0.3, 0.4) is 0 Å². The molecular weight excluding hydrogens is 356 g/mol. The fourth-order valence-corrected chi connectivity index (χ4v) is 4.44. The molecule has 2 aromatic rings. The fraction of sp³-hybridized carbons (Fsp3) is 0.467.